The second-order valence-electron chi connectivity index (χ2n) is 3.64. The monoisotopic (exact) mass is 203 g/mol. The molecule has 1 spiro atoms. The molecular formula is C9H17NO2S. The van der Waals surface area contributed by atoms with Crippen LogP contribution in [0.15, 0.2) is 0 Å². The second-order valence-corrected chi connectivity index (χ2v) is 4.48. The van der Waals surface area contributed by atoms with Crippen LogP contribution in [0.1, 0.15) is 12.8 Å². The number of thioether (sulfide) groups is 1. The summed E-state index contributed by atoms with van der Waals surface area (Å²) in [6, 6.07) is 0. The summed E-state index contributed by atoms with van der Waals surface area (Å²) in [6.45, 7) is 3.78. The van der Waals surface area contributed by atoms with Crippen molar-refractivity contribution in [1.29, 1.82) is 0 Å². The van der Waals surface area contributed by atoms with E-state index in [0.717, 1.165) is 45.0 Å². The maximum atomic E-state index is 5.65. The van der Waals surface area contributed by atoms with Crippen LogP contribution in [0, 0.1) is 0 Å². The SMILES string of the molecule is CSCN1CCC2(CC1)OCCO2. The normalized spacial score (nSPS) is 28.4. The predicted molar refractivity (Wildman–Crippen MR) is 53.8 cm³/mol. The molecule has 0 radical (unpaired) electrons. The van der Waals surface area contributed by atoms with Crippen molar-refractivity contribution in [2.24, 2.45) is 0 Å². The summed E-state index contributed by atoms with van der Waals surface area (Å²) in [5.41, 5.74) is 0. The minimum absolute atomic E-state index is 0.199. The Morgan fingerprint density at radius 2 is 1.85 bits per heavy atom. The Kier molecular flexibility index (Phi) is 3.14. The van der Waals surface area contributed by atoms with Gasteiger partial charge in [-0.2, -0.15) is 0 Å². The Bertz CT molecular complexity index is 161. The second kappa shape index (κ2) is 4.17. The Morgan fingerprint density at radius 1 is 1.23 bits per heavy atom. The molecule has 13 heavy (non-hydrogen) atoms. The Labute approximate surface area is 83.8 Å². The highest BCUT2D eigenvalue weighted by molar-refractivity contribution is 7.98. The zero-order valence-corrected chi connectivity index (χ0v) is 8.94. The highest BCUT2D eigenvalue weighted by atomic mass is 32.2. The van der Waals surface area contributed by atoms with Crippen molar-refractivity contribution in [2.75, 3.05) is 38.4 Å². The quantitative estimate of drug-likeness (QED) is 0.671. The molecular weight excluding hydrogens is 186 g/mol. The smallest absolute Gasteiger partial charge is 0.170 e. The van der Waals surface area contributed by atoms with Gasteiger partial charge in [-0.1, -0.05) is 0 Å². The van der Waals surface area contributed by atoms with Crippen LogP contribution in [0.4, 0.5) is 0 Å². The molecule has 0 N–H and O–H groups in total. The van der Waals surface area contributed by atoms with Gasteiger partial charge in [0.2, 0.25) is 0 Å². The first-order valence-electron chi connectivity index (χ1n) is 4.84. The lowest BCUT2D eigenvalue weighted by atomic mass is 10.0. The van der Waals surface area contributed by atoms with E-state index in [9.17, 15) is 0 Å². The van der Waals surface area contributed by atoms with Crippen LogP contribution < -0.4 is 0 Å². The van der Waals surface area contributed by atoms with Gasteiger partial charge in [-0.05, 0) is 6.26 Å². The molecule has 0 aromatic carbocycles. The summed E-state index contributed by atoms with van der Waals surface area (Å²) < 4.78 is 11.3. The zero-order valence-electron chi connectivity index (χ0n) is 8.12. The number of hydrogen-bond acceptors (Lipinski definition) is 4. The predicted octanol–water partition coefficient (Wildman–Crippen LogP) is 1.15. The minimum Gasteiger partial charge on any atom is -0.347 e. The lowest BCUT2D eigenvalue weighted by Crippen LogP contribution is -2.44. The van der Waals surface area contributed by atoms with Crippen molar-refractivity contribution in [3.05, 3.63) is 0 Å². The van der Waals surface area contributed by atoms with Crippen molar-refractivity contribution < 1.29 is 9.47 Å². The fourth-order valence-corrected chi connectivity index (χ4v) is 2.61. The van der Waals surface area contributed by atoms with Crippen molar-refractivity contribution >= 4 is 11.8 Å². The average molecular weight is 203 g/mol. The Morgan fingerprint density at radius 3 is 2.38 bits per heavy atom. The maximum absolute atomic E-state index is 5.65. The molecule has 2 heterocycles. The van der Waals surface area contributed by atoms with Gasteiger partial charge < -0.3 is 9.47 Å². The van der Waals surface area contributed by atoms with Crippen molar-refractivity contribution in [3.8, 4) is 0 Å². The van der Waals surface area contributed by atoms with Crippen molar-refractivity contribution in [3.63, 3.8) is 0 Å². The molecule has 2 fully saturated rings. The van der Waals surface area contributed by atoms with Crippen LogP contribution in [0.5, 0.6) is 0 Å². The molecule has 3 nitrogen and oxygen atoms in total. The number of ether oxygens (including phenoxy) is 2. The third-order valence-electron chi connectivity index (χ3n) is 2.74. The topological polar surface area (TPSA) is 21.7 Å². The summed E-state index contributed by atoms with van der Waals surface area (Å²) in [7, 11) is 0. The standard InChI is InChI=1S/C9H17NO2S/c1-13-8-10-4-2-9(3-5-10)11-6-7-12-9/h2-8H2,1H3. The van der Waals surface area contributed by atoms with E-state index in [0.29, 0.717) is 0 Å². The average Bonchev–Trinajstić information content (AvgIpc) is 2.59. The van der Waals surface area contributed by atoms with Crippen LogP contribution in [0.2, 0.25) is 0 Å². The first-order chi connectivity index (χ1) is 6.35. The summed E-state index contributed by atoms with van der Waals surface area (Å²) >= 11 is 1.88. The first-order valence-corrected chi connectivity index (χ1v) is 6.23. The molecule has 0 bridgehead atoms. The molecule has 76 valence electrons. The summed E-state index contributed by atoms with van der Waals surface area (Å²) in [5, 5.41) is 0. The number of likely N-dealkylation sites (tertiary alicyclic amines) is 1. The van der Waals surface area contributed by atoms with Crippen LogP contribution in [-0.4, -0.2) is 49.1 Å². The number of rotatable bonds is 2. The zero-order chi connectivity index (χ0) is 9.15. The third kappa shape index (κ3) is 2.18. The van der Waals surface area contributed by atoms with Gasteiger partial charge in [0, 0.05) is 31.8 Å². The van der Waals surface area contributed by atoms with E-state index in [1.165, 1.54) is 0 Å². The molecule has 2 aliphatic heterocycles. The van der Waals surface area contributed by atoms with E-state index < -0.39 is 0 Å². The van der Waals surface area contributed by atoms with Crippen molar-refractivity contribution in [2.45, 2.75) is 18.6 Å². The summed E-state index contributed by atoms with van der Waals surface area (Å²) in [4.78, 5) is 2.46. The lowest BCUT2D eigenvalue weighted by molar-refractivity contribution is -0.183. The molecule has 2 saturated heterocycles. The molecule has 2 aliphatic rings. The highest BCUT2D eigenvalue weighted by Crippen LogP contribution is 2.31. The van der Waals surface area contributed by atoms with Crippen LogP contribution in [0.3, 0.4) is 0 Å². The van der Waals surface area contributed by atoms with Gasteiger partial charge in [0.15, 0.2) is 5.79 Å². The van der Waals surface area contributed by atoms with Gasteiger partial charge in [0.1, 0.15) is 0 Å². The van der Waals surface area contributed by atoms with Crippen LogP contribution in [-0.2, 0) is 9.47 Å². The van der Waals surface area contributed by atoms with Crippen LogP contribution in [0.25, 0.3) is 0 Å². The summed E-state index contributed by atoms with van der Waals surface area (Å²) in [5.74, 6) is 0.936. The minimum atomic E-state index is -0.199. The van der Waals surface area contributed by atoms with Gasteiger partial charge in [-0.15, -0.1) is 11.8 Å². The Balaban J connectivity index is 1.81. The maximum Gasteiger partial charge on any atom is 0.170 e. The first kappa shape index (κ1) is 9.77. The molecule has 4 heteroatoms. The van der Waals surface area contributed by atoms with E-state index in [1.54, 1.807) is 0 Å². The molecule has 2 rings (SSSR count). The highest BCUT2D eigenvalue weighted by Gasteiger charge is 2.39. The van der Waals surface area contributed by atoms with Gasteiger partial charge in [-0.25, -0.2) is 0 Å². The fourth-order valence-electron chi connectivity index (χ4n) is 1.99. The van der Waals surface area contributed by atoms with E-state index in [2.05, 4.69) is 11.2 Å². The van der Waals surface area contributed by atoms with Crippen molar-refractivity contribution in [1.82, 2.24) is 4.90 Å². The molecule has 0 unspecified atom stereocenters. The lowest BCUT2D eigenvalue weighted by Gasteiger charge is -2.37. The molecule has 0 saturated carbocycles. The molecule has 0 amide bonds. The van der Waals surface area contributed by atoms with E-state index >= 15 is 0 Å². The van der Waals surface area contributed by atoms with Crippen LogP contribution >= 0.6 is 11.8 Å². The number of nitrogens with zero attached hydrogens (tertiary/aromatic N) is 1. The molecule has 0 aromatic rings. The van der Waals surface area contributed by atoms with Gasteiger partial charge in [0.25, 0.3) is 0 Å². The third-order valence-corrected chi connectivity index (χ3v) is 3.37. The molecule has 0 aliphatic carbocycles. The number of piperidine rings is 1. The van der Waals surface area contributed by atoms with E-state index in [1.807, 2.05) is 11.8 Å². The van der Waals surface area contributed by atoms with E-state index in [4.69, 9.17) is 9.47 Å². The molecule has 0 atom stereocenters. The Hall–Kier alpha value is 0.230. The summed E-state index contributed by atoms with van der Waals surface area (Å²) in [6.07, 6.45) is 4.22. The van der Waals surface area contributed by atoms with Gasteiger partial charge in [-0.3, -0.25) is 4.90 Å². The van der Waals surface area contributed by atoms with E-state index in [-0.39, 0.29) is 5.79 Å². The number of hydrogen-bond donors (Lipinski definition) is 0. The largest absolute Gasteiger partial charge is 0.347 e. The molecule has 0 aromatic heterocycles. The van der Waals surface area contributed by atoms with Gasteiger partial charge >= 0.3 is 0 Å². The fraction of sp³-hybridized carbons (Fsp3) is 1.00. The van der Waals surface area contributed by atoms with Gasteiger partial charge in [0.05, 0.1) is 13.2 Å².